The minimum absolute atomic E-state index is 0.0161. The first-order chi connectivity index (χ1) is 7.84. The lowest BCUT2D eigenvalue weighted by Gasteiger charge is -2.06. The van der Waals surface area contributed by atoms with Crippen LogP contribution in [0.4, 0.5) is 0 Å². The van der Waals surface area contributed by atoms with Crippen molar-refractivity contribution in [1.29, 1.82) is 0 Å². The van der Waals surface area contributed by atoms with Crippen molar-refractivity contribution in [3.63, 3.8) is 0 Å². The minimum atomic E-state index is -0.0161. The molecule has 2 nitrogen and oxygen atoms in total. The van der Waals surface area contributed by atoms with Gasteiger partial charge in [0.2, 0.25) is 0 Å². The second-order valence-corrected chi connectivity index (χ2v) is 3.99. The summed E-state index contributed by atoms with van der Waals surface area (Å²) in [6, 6.07) is 17.6. The first-order valence-electron chi connectivity index (χ1n) is 5.05. The summed E-state index contributed by atoms with van der Waals surface area (Å²) in [5.74, 6) is 1.66. The lowest BCUT2D eigenvalue weighted by atomic mass is 10.2. The van der Waals surface area contributed by atoms with E-state index in [2.05, 4.69) is 0 Å². The molecule has 0 N–H and O–H groups in total. The molecule has 82 valence electrons. The highest BCUT2D eigenvalue weighted by Crippen LogP contribution is 2.24. The lowest BCUT2D eigenvalue weighted by molar-refractivity contribution is 0.516. The third kappa shape index (κ3) is 3.25. The van der Waals surface area contributed by atoms with Gasteiger partial charge in [-0.2, -0.15) is 0 Å². The van der Waals surface area contributed by atoms with E-state index in [-0.39, 0.29) is 9.03 Å². The molecule has 0 saturated carbocycles. The molecule has 2 rings (SSSR count). The van der Waals surface area contributed by atoms with Gasteiger partial charge in [0.1, 0.15) is 11.5 Å². The highest BCUT2D eigenvalue weighted by atomic mass is 31.1. The van der Waals surface area contributed by atoms with E-state index in [1.54, 1.807) is 0 Å². The lowest BCUT2D eigenvalue weighted by Crippen LogP contribution is -1.84. The molecular weight excluding hydrogens is 219 g/mol. The smallest absolute Gasteiger partial charge is 0.275 e. The van der Waals surface area contributed by atoms with Crippen LogP contribution in [0.5, 0.6) is 11.5 Å². The average Bonchev–Trinajstić information content (AvgIpc) is 2.33. The van der Waals surface area contributed by atoms with Gasteiger partial charge in [0.05, 0.1) is 0 Å². The SMILES string of the molecule is Cc1ccc(OPOc2ccccc2)cc1. The van der Waals surface area contributed by atoms with E-state index < -0.39 is 0 Å². The van der Waals surface area contributed by atoms with E-state index in [0.29, 0.717) is 0 Å². The Bertz CT molecular complexity index is 425. The highest BCUT2D eigenvalue weighted by Gasteiger charge is 1.95. The fraction of sp³-hybridized carbons (Fsp3) is 0.0769. The number of benzene rings is 2. The molecule has 2 aromatic carbocycles. The van der Waals surface area contributed by atoms with Gasteiger partial charge in [-0.25, -0.2) is 0 Å². The number of aryl methyl sites for hydroxylation is 1. The average molecular weight is 232 g/mol. The van der Waals surface area contributed by atoms with Crippen molar-refractivity contribution in [3.05, 3.63) is 60.2 Å². The number of hydrogen-bond acceptors (Lipinski definition) is 2. The van der Waals surface area contributed by atoms with Crippen LogP contribution in [0.15, 0.2) is 54.6 Å². The fourth-order valence-corrected chi connectivity index (χ4v) is 1.72. The van der Waals surface area contributed by atoms with Crippen LogP contribution in [0.3, 0.4) is 0 Å². The maximum atomic E-state index is 5.47. The molecule has 0 aromatic heterocycles. The third-order valence-electron chi connectivity index (χ3n) is 2.08. The Kier molecular flexibility index (Phi) is 3.79. The van der Waals surface area contributed by atoms with Gasteiger partial charge in [-0.15, -0.1) is 0 Å². The van der Waals surface area contributed by atoms with Crippen molar-refractivity contribution in [3.8, 4) is 11.5 Å². The van der Waals surface area contributed by atoms with E-state index in [9.17, 15) is 0 Å². The number of hydrogen-bond donors (Lipinski definition) is 0. The van der Waals surface area contributed by atoms with Crippen LogP contribution in [-0.4, -0.2) is 0 Å². The van der Waals surface area contributed by atoms with Gasteiger partial charge >= 0.3 is 0 Å². The van der Waals surface area contributed by atoms with Crippen LogP contribution in [-0.2, 0) is 0 Å². The molecule has 0 aliphatic heterocycles. The molecule has 1 atom stereocenters. The van der Waals surface area contributed by atoms with Crippen LogP contribution in [0.25, 0.3) is 0 Å². The Morgan fingerprint density at radius 1 is 0.750 bits per heavy atom. The Morgan fingerprint density at radius 2 is 1.31 bits per heavy atom. The molecule has 0 fully saturated rings. The zero-order chi connectivity index (χ0) is 11.2. The summed E-state index contributed by atoms with van der Waals surface area (Å²) in [4.78, 5) is 0. The first-order valence-corrected chi connectivity index (χ1v) is 5.87. The summed E-state index contributed by atoms with van der Waals surface area (Å²) in [5, 5.41) is 0. The van der Waals surface area contributed by atoms with Crippen LogP contribution in [0.1, 0.15) is 5.56 Å². The molecule has 1 unspecified atom stereocenters. The molecular formula is C13H13O2P. The summed E-state index contributed by atoms with van der Waals surface area (Å²) in [7, 11) is -0.0161. The molecule has 0 aliphatic rings. The molecule has 0 saturated heterocycles. The fourth-order valence-electron chi connectivity index (χ4n) is 1.21. The van der Waals surface area contributed by atoms with Gasteiger partial charge in [-0.1, -0.05) is 35.9 Å². The molecule has 0 amide bonds. The van der Waals surface area contributed by atoms with Crippen molar-refractivity contribution in [2.75, 3.05) is 0 Å². The molecule has 3 heteroatoms. The van der Waals surface area contributed by atoms with Crippen molar-refractivity contribution in [2.45, 2.75) is 6.92 Å². The predicted molar refractivity (Wildman–Crippen MR) is 67.2 cm³/mol. The normalized spacial score (nSPS) is 10.6. The van der Waals surface area contributed by atoms with Crippen molar-refractivity contribution < 1.29 is 9.05 Å². The minimum Gasteiger partial charge on any atom is -0.441 e. The molecule has 16 heavy (non-hydrogen) atoms. The van der Waals surface area contributed by atoms with Gasteiger partial charge in [-0.3, -0.25) is 0 Å². The van der Waals surface area contributed by atoms with Crippen molar-refractivity contribution >= 4 is 9.03 Å². The summed E-state index contributed by atoms with van der Waals surface area (Å²) in [5.41, 5.74) is 1.22. The molecule has 0 bridgehead atoms. The maximum absolute atomic E-state index is 5.47. The van der Waals surface area contributed by atoms with Gasteiger partial charge in [0.15, 0.2) is 0 Å². The maximum Gasteiger partial charge on any atom is 0.275 e. The van der Waals surface area contributed by atoms with Crippen molar-refractivity contribution in [1.82, 2.24) is 0 Å². The Hall–Kier alpha value is -1.53. The zero-order valence-electron chi connectivity index (χ0n) is 9.01. The molecule has 0 heterocycles. The summed E-state index contributed by atoms with van der Waals surface area (Å²) >= 11 is 0. The van der Waals surface area contributed by atoms with Crippen molar-refractivity contribution in [2.24, 2.45) is 0 Å². The zero-order valence-corrected chi connectivity index (χ0v) is 10.0. The van der Waals surface area contributed by atoms with Crippen LogP contribution in [0, 0.1) is 6.92 Å². The van der Waals surface area contributed by atoms with Crippen LogP contribution < -0.4 is 9.05 Å². The monoisotopic (exact) mass is 232 g/mol. The van der Waals surface area contributed by atoms with E-state index in [0.717, 1.165) is 11.5 Å². The second kappa shape index (κ2) is 5.53. The molecule has 0 aliphatic carbocycles. The van der Waals surface area contributed by atoms with Gasteiger partial charge in [-0.05, 0) is 31.2 Å². The van der Waals surface area contributed by atoms with Crippen LogP contribution >= 0.6 is 9.03 Å². The Labute approximate surface area is 97.2 Å². The van der Waals surface area contributed by atoms with E-state index in [4.69, 9.17) is 9.05 Å². The van der Waals surface area contributed by atoms with E-state index in [1.165, 1.54) is 5.56 Å². The van der Waals surface area contributed by atoms with E-state index in [1.807, 2.05) is 61.5 Å². The first kappa shape index (κ1) is 11.0. The summed E-state index contributed by atoms with van der Waals surface area (Å²) < 4.78 is 10.9. The quantitative estimate of drug-likeness (QED) is 0.743. The largest absolute Gasteiger partial charge is 0.441 e. The Morgan fingerprint density at radius 3 is 1.94 bits per heavy atom. The summed E-state index contributed by atoms with van der Waals surface area (Å²) in [6.07, 6.45) is 0. The molecule has 0 radical (unpaired) electrons. The van der Waals surface area contributed by atoms with Gasteiger partial charge in [0, 0.05) is 0 Å². The number of rotatable bonds is 4. The standard InChI is InChI=1S/C13H13O2P/c1-11-7-9-13(10-8-11)15-16-14-12-5-3-2-4-6-12/h2-10,16H,1H3. The van der Waals surface area contributed by atoms with E-state index >= 15 is 0 Å². The molecule has 2 aromatic rings. The second-order valence-electron chi connectivity index (χ2n) is 3.41. The summed E-state index contributed by atoms with van der Waals surface area (Å²) in [6.45, 7) is 2.05. The molecule has 0 spiro atoms. The van der Waals surface area contributed by atoms with Gasteiger partial charge < -0.3 is 9.05 Å². The highest BCUT2D eigenvalue weighted by molar-refractivity contribution is 7.27. The number of para-hydroxylation sites is 1. The predicted octanol–water partition coefficient (Wildman–Crippen LogP) is 3.96. The Balaban J connectivity index is 1.82. The topological polar surface area (TPSA) is 18.5 Å². The third-order valence-corrected chi connectivity index (χ3v) is 2.72. The van der Waals surface area contributed by atoms with Gasteiger partial charge in [0.25, 0.3) is 9.03 Å². The van der Waals surface area contributed by atoms with Crippen LogP contribution in [0.2, 0.25) is 0 Å².